The zero-order chi connectivity index (χ0) is 19.8. The summed E-state index contributed by atoms with van der Waals surface area (Å²) in [6, 6.07) is 6.08. The maximum atomic E-state index is 12.7. The molecule has 1 aliphatic heterocycles. The molecular weight excluding hydrogens is 344 g/mol. The second-order valence-electron chi connectivity index (χ2n) is 8.77. The summed E-state index contributed by atoms with van der Waals surface area (Å²) in [5, 5.41) is 20.0. The topological polar surface area (TPSA) is 79.3 Å². The van der Waals surface area contributed by atoms with Crippen molar-refractivity contribution in [2.24, 2.45) is 11.8 Å². The molecule has 0 spiro atoms. The molecule has 148 valence electrons. The first-order valence-corrected chi connectivity index (χ1v) is 9.66. The van der Waals surface area contributed by atoms with Crippen LogP contribution in [0, 0.1) is 11.8 Å². The van der Waals surface area contributed by atoms with E-state index < -0.39 is 11.6 Å². The van der Waals surface area contributed by atoms with Crippen LogP contribution in [0.1, 0.15) is 57.3 Å². The van der Waals surface area contributed by atoms with Gasteiger partial charge in [0.15, 0.2) is 0 Å². The first kappa shape index (κ1) is 19.9. The Morgan fingerprint density at radius 2 is 1.89 bits per heavy atom. The number of ether oxygens (including phenoxy) is 2. The molecule has 5 heteroatoms. The molecule has 5 atom stereocenters. The molecule has 0 radical (unpaired) electrons. The number of phenols is 1. The summed E-state index contributed by atoms with van der Waals surface area (Å²) < 4.78 is 11.8. The number of fused-ring (bicyclic) bond motifs is 1. The molecule has 2 N–H and O–H groups in total. The minimum atomic E-state index is -0.796. The molecule has 0 unspecified atom stereocenters. The SMILES string of the molecule is CC(C)[C@@H]1/C=C/C[C@](C)(O)C[C@@H]2O[C@@]2(C)C[C@H]1OC(=O)c1ccc(O)cc1. The number of esters is 1. The Kier molecular flexibility index (Phi) is 5.37. The Labute approximate surface area is 161 Å². The van der Waals surface area contributed by atoms with Crippen molar-refractivity contribution in [1.29, 1.82) is 0 Å². The summed E-state index contributed by atoms with van der Waals surface area (Å²) in [5.41, 5.74) is -0.768. The van der Waals surface area contributed by atoms with Crippen molar-refractivity contribution in [3.05, 3.63) is 42.0 Å². The van der Waals surface area contributed by atoms with Crippen LogP contribution in [0.2, 0.25) is 0 Å². The maximum Gasteiger partial charge on any atom is 0.338 e. The normalized spacial score (nSPS) is 37.3. The number of carbonyl (C=O) groups is 1. The van der Waals surface area contributed by atoms with Crippen LogP contribution >= 0.6 is 0 Å². The van der Waals surface area contributed by atoms with Gasteiger partial charge in [-0.2, -0.15) is 0 Å². The standard InChI is InChI=1S/C22H30O5/c1-14(2)17-6-5-11-21(3,25)13-19-22(4,27-19)12-18(17)26-20(24)15-7-9-16(23)10-8-15/h5-10,14,17-19,23,25H,11-13H2,1-4H3/b6-5+/t17-,18+,19-,21-,22-/m0/s1. The number of hydrogen-bond acceptors (Lipinski definition) is 5. The van der Waals surface area contributed by atoms with Crippen LogP contribution in [-0.2, 0) is 9.47 Å². The van der Waals surface area contributed by atoms with E-state index in [-0.39, 0.29) is 35.4 Å². The monoisotopic (exact) mass is 374 g/mol. The molecule has 1 saturated heterocycles. The number of aromatic hydroxyl groups is 1. The molecule has 1 aliphatic carbocycles. The molecule has 1 heterocycles. The van der Waals surface area contributed by atoms with Crippen molar-refractivity contribution < 1.29 is 24.5 Å². The van der Waals surface area contributed by atoms with Crippen molar-refractivity contribution in [2.45, 2.75) is 70.4 Å². The molecular formula is C22H30O5. The minimum Gasteiger partial charge on any atom is -0.508 e. The predicted octanol–water partition coefficient (Wildman–Crippen LogP) is 3.84. The van der Waals surface area contributed by atoms with E-state index in [0.29, 0.717) is 24.8 Å². The Balaban J connectivity index is 1.84. The van der Waals surface area contributed by atoms with Crippen LogP contribution in [0.25, 0.3) is 0 Å². The van der Waals surface area contributed by atoms with Crippen molar-refractivity contribution in [1.82, 2.24) is 0 Å². The predicted molar refractivity (Wildman–Crippen MR) is 103 cm³/mol. The second kappa shape index (κ2) is 7.28. The lowest BCUT2D eigenvalue weighted by molar-refractivity contribution is 0.00393. The summed E-state index contributed by atoms with van der Waals surface area (Å²) in [5.74, 6) is 0.0107. The van der Waals surface area contributed by atoms with Gasteiger partial charge in [-0.25, -0.2) is 4.79 Å². The van der Waals surface area contributed by atoms with Gasteiger partial charge in [0.2, 0.25) is 0 Å². The van der Waals surface area contributed by atoms with Crippen molar-refractivity contribution in [2.75, 3.05) is 0 Å². The number of aliphatic hydroxyl groups is 1. The van der Waals surface area contributed by atoms with Gasteiger partial charge in [-0.1, -0.05) is 26.0 Å². The van der Waals surface area contributed by atoms with E-state index in [1.165, 1.54) is 12.1 Å². The average molecular weight is 374 g/mol. The van der Waals surface area contributed by atoms with E-state index in [1.807, 2.05) is 19.9 Å². The van der Waals surface area contributed by atoms with Gasteiger partial charge in [-0.15, -0.1) is 0 Å². The second-order valence-corrected chi connectivity index (χ2v) is 8.77. The molecule has 0 saturated carbocycles. The zero-order valence-corrected chi connectivity index (χ0v) is 16.5. The van der Waals surface area contributed by atoms with Gasteiger partial charge in [-0.05, 0) is 50.5 Å². The Bertz CT molecular complexity index is 706. The third-order valence-electron chi connectivity index (χ3n) is 5.74. The first-order valence-electron chi connectivity index (χ1n) is 9.66. The quantitative estimate of drug-likeness (QED) is 0.477. The number of carbonyl (C=O) groups excluding carboxylic acids is 1. The third-order valence-corrected chi connectivity index (χ3v) is 5.74. The molecule has 27 heavy (non-hydrogen) atoms. The lowest BCUT2D eigenvalue weighted by Crippen LogP contribution is -2.36. The molecule has 5 nitrogen and oxygen atoms in total. The van der Waals surface area contributed by atoms with Crippen LogP contribution < -0.4 is 0 Å². The fourth-order valence-corrected chi connectivity index (χ4v) is 3.92. The number of hydrogen-bond donors (Lipinski definition) is 2. The van der Waals surface area contributed by atoms with E-state index in [4.69, 9.17) is 9.47 Å². The summed E-state index contributed by atoms with van der Waals surface area (Å²) in [7, 11) is 0. The highest BCUT2D eigenvalue weighted by atomic mass is 16.6. The summed E-state index contributed by atoms with van der Waals surface area (Å²) >= 11 is 0. The van der Waals surface area contributed by atoms with Crippen LogP contribution in [0.3, 0.4) is 0 Å². The molecule has 1 aromatic rings. The summed E-state index contributed by atoms with van der Waals surface area (Å²) in [6.07, 6.45) is 5.42. The van der Waals surface area contributed by atoms with Crippen LogP contribution in [-0.4, -0.2) is 39.6 Å². The molecule has 0 amide bonds. The summed E-state index contributed by atoms with van der Waals surface area (Å²) in [6.45, 7) is 8.08. The fourth-order valence-electron chi connectivity index (χ4n) is 3.92. The molecule has 0 aromatic heterocycles. The van der Waals surface area contributed by atoms with Gasteiger partial charge in [0.05, 0.1) is 22.9 Å². The Morgan fingerprint density at radius 3 is 2.52 bits per heavy atom. The lowest BCUT2D eigenvalue weighted by Gasteiger charge is -2.31. The number of benzene rings is 1. The van der Waals surface area contributed by atoms with Crippen molar-refractivity contribution in [3.8, 4) is 5.75 Å². The van der Waals surface area contributed by atoms with E-state index in [0.717, 1.165) is 0 Å². The Hall–Kier alpha value is -1.85. The highest BCUT2D eigenvalue weighted by Gasteiger charge is 2.56. The number of rotatable bonds is 3. The van der Waals surface area contributed by atoms with Gasteiger partial charge < -0.3 is 19.7 Å². The molecule has 0 bridgehead atoms. The number of phenolic OH excluding ortho intramolecular Hbond substituents is 1. The van der Waals surface area contributed by atoms with Gasteiger partial charge in [0, 0.05) is 18.8 Å². The minimum absolute atomic E-state index is 0.0262. The molecule has 1 fully saturated rings. The first-order chi connectivity index (χ1) is 12.6. The van der Waals surface area contributed by atoms with Crippen LogP contribution in [0.5, 0.6) is 5.75 Å². The smallest absolute Gasteiger partial charge is 0.338 e. The van der Waals surface area contributed by atoms with Gasteiger partial charge in [0.25, 0.3) is 0 Å². The summed E-state index contributed by atoms with van der Waals surface area (Å²) in [4.78, 5) is 12.7. The molecule has 3 rings (SSSR count). The lowest BCUT2D eigenvalue weighted by atomic mass is 9.80. The fraction of sp³-hybridized carbons (Fsp3) is 0.591. The average Bonchev–Trinajstić information content (AvgIpc) is 3.18. The van der Waals surface area contributed by atoms with E-state index in [1.54, 1.807) is 12.1 Å². The van der Waals surface area contributed by atoms with Crippen LogP contribution in [0.4, 0.5) is 0 Å². The highest BCUT2D eigenvalue weighted by Crippen LogP contribution is 2.47. The van der Waals surface area contributed by atoms with Gasteiger partial charge >= 0.3 is 5.97 Å². The Morgan fingerprint density at radius 1 is 1.22 bits per heavy atom. The van der Waals surface area contributed by atoms with E-state index >= 15 is 0 Å². The zero-order valence-electron chi connectivity index (χ0n) is 16.5. The van der Waals surface area contributed by atoms with Gasteiger partial charge in [-0.3, -0.25) is 0 Å². The molecule has 1 aromatic carbocycles. The van der Waals surface area contributed by atoms with Crippen LogP contribution in [0.15, 0.2) is 36.4 Å². The van der Waals surface area contributed by atoms with E-state index in [2.05, 4.69) is 19.9 Å². The largest absolute Gasteiger partial charge is 0.508 e. The highest BCUT2D eigenvalue weighted by molar-refractivity contribution is 5.89. The van der Waals surface area contributed by atoms with Gasteiger partial charge in [0.1, 0.15) is 11.9 Å². The molecule has 2 aliphatic rings. The van der Waals surface area contributed by atoms with Crippen molar-refractivity contribution >= 4 is 5.97 Å². The van der Waals surface area contributed by atoms with Crippen molar-refractivity contribution in [3.63, 3.8) is 0 Å². The maximum absolute atomic E-state index is 12.7. The third kappa shape index (κ3) is 4.71. The van der Waals surface area contributed by atoms with E-state index in [9.17, 15) is 15.0 Å². The number of epoxide rings is 1.